The van der Waals surface area contributed by atoms with E-state index in [4.69, 9.17) is 5.11 Å². The summed E-state index contributed by atoms with van der Waals surface area (Å²) in [6.07, 6.45) is 2.18. The maximum Gasteiger partial charge on any atom is 0.335 e. The first-order chi connectivity index (χ1) is 9.25. The SMILES string of the molecule is O=C(O)c1cccc(N2CCCc3ccccc32)c1. The summed E-state index contributed by atoms with van der Waals surface area (Å²) in [5.74, 6) is -0.882. The summed E-state index contributed by atoms with van der Waals surface area (Å²) < 4.78 is 0. The van der Waals surface area contributed by atoms with Crippen LogP contribution in [0.3, 0.4) is 0 Å². The summed E-state index contributed by atoms with van der Waals surface area (Å²) in [7, 11) is 0. The molecule has 0 saturated heterocycles. The first-order valence-electron chi connectivity index (χ1n) is 6.44. The molecular weight excluding hydrogens is 238 g/mol. The molecule has 3 rings (SSSR count). The zero-order chi connectivity index (χ0) is 13.2. The van der Waals surface area contributed by atoms with Gasteiger partial charge in [0.15, 0.2) is 0 Å². The lowest BCUT2D eigenvalue weighted by Gasteiger charge is -2.31. The third-order valence-corrected chi connectivity index (χ3v) is 3.52. The topological polar surface area (TPSA) is 40.5 Å². The molecule has 0 aromatic heterocycles. The van der Waals surface area contributed by atoms with Gasteiger partial charge in [-0.25, -0.2) is 4.79 Å². The van der Waals surface area contributed by atoms with Gasteiger partial charge < -0.3 is 10.0 Å². The molecule has 1 heterocycles. The molecule has 0 amide bonds. The lowest BCUT2D eigenvalue weighted by Crippen LogP contribution is -2.24. The second-order valence-corrected chi connectivity index (χ2v) is 4.74. The van der Waals surface area contributed by atoms with Crippen molar-refractivity contribution in [1.29, 1.82) is 0 Å². The molecule has 1 N–H and O–H groups in total. The highest BCUT2D eigenvalue weighted by molar-refractivity contribution is 5.89. The standard InChI is InChI=1S/C16H15NO2/c18-16(19)13-6-3-8-14(11-13)17-10-4-7-12-5-1-2-9-15(12)17/h1-3,5-6,8-9,11H,4,7,10H2,(H,18,19). The quantitative estimate of drug-likeness (QED) is 0.890. The summed E-state index contributed by atoms with van der Waals surface area (Å²) >= 11 is 0. The number of hydrogen-bond acceptors (Lipinski definition) is 2. The smallest absolute Gasteiger partial charge is 0.335 e. The number of hydrogen-bond donors (Lipinski definition) is 1. The van der Waals surface area contributed by atoms with Gasteiger partial charge in [-0.05, 0) is 42.7 Å². The number of aryl methyl sites for hydroxylation is 1. The van der Waals surface area contributed by atoms with Gasteiger partial charge >= 0.3 is 5.97 Å². The molecule has 0 unspecified atom stereocenters. The van der Waals surface area contributed by atoms with Crippen molar-refractivity contribution in [3.8, 4) is 0 Å². The Balaban J connectivity index is 2.04. The average molecular weight is 253 g/mol. The van der Waals surface area contributed by atoms with Gasteiger partial charge in [-0.2, -0.15) is 0 Å². The van der Waals surface area contributed by atoms with Crippen molar-refractivity contribution in [2.75, 3.05) is 11.4 Å². The van der Waals surface area contributed by atoms with Crippen LogP contribution in [0.4, 0.5) is 11.4 Å². The minimum absolute atomic E-state index is 0.334. The Morgan fingerprint density at radius 1 is 1.11 bits per heavy atom. The van der Waals surface area contributed by atoms with Gasteiger partial charge in [0.2, 0.25) is 0 Å². The third-order valence-electron chi connectivity index (χ3n) is 3.52. The van der Waals surface area contributed by atoms with E-state index in [1.807, 2.05) is 12.1 Å². The van der Waals surface area contributed by atoms with Crippen molar-refractivity contribution < 1.29 is 9.90 Å². The molecule has 3 heteroatoms. The normalized spacial score (nSPS) is 14.0. The Kier molecular flexibility index (Phi) is 2.95. The predicted molar refractivity (Wildman–Crippen MR) is 75.2 cm³/mol. The van der Waals surface area contributed by atoms with E-state index in [9.17, 15) is 4.79 Å². The van der Waals surface area contributed by atoms with E-state index in [-0.39, 0.29) is 0 Å². The van der Waals surface area contributed by atoms with Crippen LogP contribution in [0.1, 0.15) is 22.3 Å². The third kappa shape index (κ3) is 2.19. The Morgan fingerprint density at radius 3 is 2.79 bits per heavy atom. The molecule has 0 spiro atoms. The zero-order valence-electron chi connectivity index (χ0n) is 10.5. The maximum absolute atomic E-state index is 11.1. The molecule has 3 nitrogen and oxygen atoms in total. The molecule has 0 atom stereocenters. The van der Waals surface area contributed by atoms with E-state index in [1.165, 1.54) is 11.3 Å². The average Bonchev–Trinajstić information content (AvgIpc) is 2.47. The van der Waals surface area contributed by atoms with Crippen molar-refractivity contribution in [3.05, 3.63) is 59.7 Å². The molecule has 0 radical (unpaired) electrons. The Labute approximate surface area is 112 Å². The fourth-order valence-electron chi connectivity index (χ4n) is 2.61. The lowest BCUT2D eigenvalue weighted by atomic mass is 10.0. The van der Waals surface area contributed by atoms with Crippen molar-refractivity contribution in [3.63, 3.8) is 0 Å². The first kappa shape index (κ1) is 11.8. The minimum Gasteiger partial charge on any atom is -0.478 e. The van der Waals surface area contributed by atoms with Gasteiger partial charge in [-0.15, -0.1) is 0 Å². The van der Waals surface area contributed by atoms with Gasteiger partial charge in [-0.3, -0.25) is 0 Å². The fourth-order valence-corrected chi connectivity index (χ4v) is 2.61. The van der Waals surface area contributed by atoms with Crippen molar-refractivity contribution in [2.24, 2.45) is 0 Å². The molecule has 2 aromatic rings. The molecule has 19 heavy (non-hydrogen) atoms. The molecule has 0 saturated carbocycles. The highest BCUT2D eigenvalue weighted by atomic mass is 16.4. The minimum atomic E-state index is -0.882. The van der Waals surface area contributed by atoms with Crippen LogP contribution in [0, 0.1) is 0 Å². The number of anilines is 2. The molecule has 1 aliphatic rings. The zero-order valence-corrected chi connectivity index (χ0v) is 10.5. The molecule has 1 aliphatic heterocycles. The van der Waals surface area contributed by atoms with Crippen LogP contribution in [0.15, 0.2) is 48.5 Å². The molecule has 96 valence electrons. The highest BCUT2D eigenvalue weighted by Gasteiger charge is 2.18. The number of nitrogens with zero attached hydrogens (tertiary/aromatic N) is 1. The number of benzene rings is 2. The highest BCUT2D eigenvalue weighted by Crippen LogP contribution is 2.33. The number of fused-ring (bicyclic) bond motifs is 1. The Hall–Kier alpha value is -2.29. The summed E-state index contributed by atoms with van der Waals surface area (Å²) in [5, 5.41) is 9.08. The van der Waals surface area contributed by atoms with Crippen molar-refractivity contribution in [2.45, 2.75) is 12.8 Å². The van der Waals surface area contributed by atoms with E-state index >= 15 is 0 Å². The lowest BCUT2D eigenvalue weighted by molar-refractivity contribution is 0.0697. The second kappa shape index (κ2) is 4.76. The van der Waals surface area contributed by atoms with E-state index in [0.717, 1.165) is 25.1 Å². The summed E-state index contributed by atoms with van der Waals surface area (Å²) in [5.41, 5.74) is 3.80. The summed E-state index contributed by atoms with van der Waals surface area (Å²) in [6.45, 7) is 0.931. The van der Waals surface area contributed by atoms with E-state index in [2.05, 4.69) is 23.1 Å². The predicted octanol–water partition coefficient (Wildman–Crippen LogP) is 3.47. The monoisotopic (exact) mass is 253 g/mol. The fraction of sp³-hybridized carbons (Fsp3) is 0.188. The van der Waals surface area contributed by atoms with Gasteiger partial charge in [0.1, 0.15) is 0 Å². The number of carbonyl (C=O) groups is 1. The molecular formula is C16H15NO2. The van der Waals surface area contributed by atoms with Gasteiger partial charge in [0, 0.05) is 17.9 Å². The number of aromatic carboxylic acids is 1. The van der Waals surface area contributed by atoms with Crippen LogP contribution in [0.2, 0.25) is 0 Å². The number of carboxylic acids is 1. The number of para-hydroxylation sites is 1. The Morgan fingerprint density at radius 2 is 1.95 bits per heavy atom. The van der Waals surface area contributed by atoms with E-state index < -0.39 is 5.97 Å². The molecule has 0 fully saturated rings. The van der Waals surface area contributed by atoms with Crippen LogP contribution in [0.5, 0.6) is 0 Å². The summed E-state index contributed by atoms with van der Waals surface area (Å²) in [6, 6.07) is 15.5. The second-order valence-electron chi connectivity index (χ2n) is 4.74. The van der Waals surface area contributed by atoms with Gasteiger partial charge in [-0.1, -0.05) is 24.3 Å². The largest absolute Gasteiger partial charge is 0.478 e. The molecule has 0 bridgehead atoms. The van der Waals surface area contributed by atoms with Crippen LogP contribution in [-0.4, -0.2) is 17.6 Å². The van der Waals surface area contributed by atoms with Crippen molar-refractivity contribution in [1.82, 2.24) is 0 Å². The van der Waals surface area contributed by atoms with Crippen LogP contribution in [0.25, 0.3) is 0 Å². The van der Waals surface area contributed by atoms with E-state index in [0.29, 0.717) is 5.56 Å². The summed E-state index contributed by atoms with van der Waals surface area (Å²) in [4.78, 5) is 13.3. The maximum atomic E-state index is 11.1. The van der Waals surface area contributed by atoms with E-state index in [1.54, 1.807) is 18.2 Å². The van der Waals surface area contributed by atoms with Crippen LogP contribution >= 0.6 is 0 Å². The molecule has 2 aromatic carbocycles. The van der Waals surface area contributed by atoms with Crippen molar-refractivity contribution >= 4 is 17.3 Å². The number of rotatable bonds is 2. The molecule has 0 aliphatic carbocycles. The first-order valence-corrected chi connectivity index (χ1v) is 6.44. The number of carboxylic acid groups (broad SMARTS) is 1. The van der Waals surface area contributed by atoms with Crippen LogP contribution in [-0.2, 0) is 6.42 Å². The van der Waals surface area contributed by atoms with Gasteiger partial charge in [0.25, 0.3) is 0 Å². The Bertz CT molecular complexity index is 622. The van der Waals surface area contributed by atoms with Crippen LogP contribution < -0.4 is 4.90 Å². The van der Waals surface area contributed by atoms with Gasteiger partial charge in [0.05, 0.1) is 5.56 Å².